The van der Waals surface area contributed by atoms with E-state index < -0.39 is 0 Å². The van der Waals surface area contributed by atoms with Crippen molar-refractivity contribution >= 4 is 0 Å². The molecular weight excluding hydrogens is 144 g/mol. The Kier molecular flexibility index (Phi) is 0.980. The highest BCUT2D eigenvalue weighted by Gasteiger charge is 2.47. The van der Waals surface area contributed by atoms with Crippen molar-refractivity contribution in [1.29, 1.82) is 0 Å². The molecule has 0 aromatic carbocycles. The van der Waals surface area contributed by atoms with Gasteiger partial charge in [0.15, 0.2) is 12.6 Å². The summed E-state index contributed by atoms with van der Waals surface area (Å²) in [6.07, 6.45) is 5.42. The molecule has 2 heterocycles. The van der Waals surface area contributed by atoms with Gasteiger partial charge >= 0.3 is 0 Å². The average molecular weight is 154 g/mol. The first-order valence-corrected chi connectivity index (χ1v) is 4.03. The zero-order valence-electron chi connectivity index (χ0n) is 6.21. The molecule has 0 radical (unpaired) electrons. The van der Waals surface area contributed by atoms with Crippen LogP contribution in [0, 0.1) is 0 Å². The molecule has 3 rings (SSSR count). The van der Waals surface area contributed by atoms with Crippen LogP contribution in [-0.4, -0.2) is 18.7 Å². The largest absolute Gasteiger partial charge is 0.467 e. The van der Waals surface area contributed by atoms with Crippen LogP contribution in [0.1, 0.15) is 19.3 Å². The zero-order valence-corrected chi connectivity index (χ0v) is 6.21. The first kappa shape index (κ1) is 6.03. The SMILES string of the molecule is C1=C2OCOC2OC12CCC2. The molecule has 3 nitrogen and oxygen atoms in total. The highest BCUT2D eigenvalue weighted by molar-refractivity contribution is 5.19. The maximum absolute atomic E-state index is 5.67. The summed E-state index contributed by atoms with van der Waals surface area (Å²) in [7, 11) is 0. The van der Waals surface area contributed by atoms with Crippen LogP contribution >= 0.6 is 0 Å². The van der Waals surface area contributed by atoms with Crippen LogP contribution in [0.2, 0.25) is 0 Å². The smallest absolute Gasteiger partial charge is 0.220 e. The van der Waals surface area contributed by atoms with E-state index in [9.17, 15) is 0 Å². The molecule has 1 unspecified atom stereocenters. The number of hydrogen-bond acceptors (Lipinski definition) is 3. The molecule has 11 heavy (non-hydrogen) atoms. The summed E-state index contributed by atoms with van der Waals surface area (Å²) in [5.74, 6) is 0.893. The predicted octanol–water partition coefficient (Wildman–Crippen LogP) is 1.15. The van der Waals surface area contributed by atoms with Gasteiger partial charge in [-0.05, 0) is 25.3 Å². The van der Waals surface area contributed by atoms with Crippen molar-refractivity contribution in [1.82, 2.24) is 0 Å². The van der Waals surface area contributed by atoms with E-state index in [2.05, 4.69) is 6.08 Å². The lowest BCUT2D eigenvalue weighted by Gasteiger charge is -2.36. The van der Waals surface area contributed by atoms with Crippen molar-refractivity contribution in [3.63, 3.8) is 0 Å². The van der Waals surface area contributed by atoms with Gasteiger partial charge in [-0.3, -0.25) is 0 Å². The molecule has 3 aliphatic rings. The minimum atomic E-state index is -0.185. The van der Waals surface area contributed by atoms with Gasteiger partial charge in [-0.15, -0.1) is 0 Å². The lowest BCUT2D eigenvalue weighted by Crippen LogP contribution is -2.37. The van der Waals surface area contributed by atoms with E-state index >= 15 is 0 Å². The Morgan fingerprint density at radius 1 is 1.45 bits per heavy atom. The van der Waals surface area contributed by atoms with Crippen LogP contribution in [0.15, 0.2) is 11.8 Å². The van der Waals surface area contributed by atoms with E-state index in [-0.39, 0.29) is 11.9 Å². The molecule has 0 amide bonds. The Balaban J connectivity index is 1.89. The van der Waals surface area contributed by atoms with E-state index in [0.717, 1.165) is 18.6 Å². The number of rotatable bonds is 0. The third kappa shape index (κ3) is 0.698. The van der Waals surface area contributed by atoms with Gasteiger partial charge in [0, 0.05) is 0 Å². The van der Waals surface area contributed by atoms with Gasteiger partial charge in [-0.25, -0.2) is 0 Å². The average Bonchev–Trinajstić information content (AvgIpc) is 2.37. The van der Waals surface area contributed by atoms with Gasteiger partial charge < -0.3 is 14.2 Å². The van der Waals surface area contributed by atoms with Gasteiger partial charge in [0.05, 0.1) is 5.60 Å². The molecule has 0 aromatic heterocycles. The molecule has 3 heteroatoms. The molecule has 2 aliphatic heterocycles. The zero-order chi connectivity index (χ0) is 7.31. The van der Waals surface area contributed by atoms with Crippen molar-refractivity contribution < 1.29 is 14.2 Å². The normalized spacial score (nSPS) is 37.8. The van der Waals surface area contributed by atoms with Crippen molar-refractivity contribution in [3.8, 4) is 0 Å². The fourth-order valence-corrected chi connectivity index (χ4v) is 1.81. The Bertz CT molecular complexity index is 217. The summed E-state index contributed by atoms with van der Waals surface area (Å²) in [6.45, 7) is 0.354. The minimum Gasteiger partial charge on any atom is -0.467 e. The summed E-state index contributed by atoms with van der Waals surface area (Å²) in [5, 5.41) is 0. The molecule has 1 saturated heterocycles. The molecular formula is C8H10O3. The van der Waals surface area contributed by atoms with Crippen molar-refractivity contribution in [2.24, 2.45) is 0 Å². The molecule has 2 fully saturated rings. The molecule has 0 N–H and O–H groups in total. The summed E-state index contributed by atoms with van der Waals surface area (Å²) < 4.78 is 16.1. The molecule has 1 spiro atoms. The van der Waals surface area contributed by atoms with Crippen LogP contribution < -0.4 is 0 Å². The number of ether oxygens (including phenoxy) is 3. The fraction of sp³-hybridized carbons (Fsp3) is 0.750. The maximum atomic E-state index is 5.67. The summed E-state index contributed by atoms with van der Waals surface area (Å²) in [4.78, 5) is 0. The number of fused-ring (bicyclic) bond motifs is 1. The standard InChI is InChI=1S/C8H10O3/c1-2-8(3-1)4-6-7(11-8)10-5-9-6/h4,7H,1-3,5H2. The molecule has 1 saturated carbocycles. The van der Waals surface area contributed by atoms with Gasteiger partial charge in [0.2, 0.25) is 6.29 Å². The van der Waals surface area contributed by atoms with E-state index in [0.29, 0.717) is 6.79 Å². The van der Waals surface area contributed by atoms with Crippen LogP contribution in [0.5, 0.6) is 0 Å². The van der Waals surface area contributed by atoms with E-state index in [4.69, 9.17) is 14.2 Å². The fourth-order valence-electron chi connectivity index (χ4n) is 1.81. The molecule has 1 atom stereocenters. The third-order valence-corrected chi connectivity index (χ3v) is 2.62. The first-order valence-electron chi connectivity index (χ1n) is 4.03. The second kappa shape index (κ2) is 1.79. The van der Waals surface area contributed by atoms with Gasteiger partial charge in [0.1, 0.15) is 0 Å². The highest BCUT2D eigenvalue weighted by atomic mass is 16.8. The Morgan fingerprint density at radius 3 is 3.00 bits per heavy atom. The molecule has 0 aromatic rings. The Labute approximate surface area is 64.9 Å². The third-order valence-electron chi connectivity index (χ3n) is 2.62. The second-order valence-corrected chi connectivity index (χ2v) is 3.34. The van der Waals surface area contributed by atoms with Crippen LogP contribution in [0.25, 0.3) is 0 Å². The number of hydrogen-bond donors (Lipinski definition) is 0. The maximum Gasteiger partial charge on any atom is 0.220 e. The van der Waals surface area contributed by atoms with E-state index in [1.54, 1.807) is 0 Å². The predicted molar refractivity (Wildman–Crippen MR) is 36.6 cm³/mol. The summed E-state index contributed by atoms with van der Waals surface area (Å²) >= 11 is 0. The van der Waals surface area contributed by atoms with Gasteiger partial charge in [0.25, 0.3) is 0 Å². The topological polar surface area (TPSA) is 27.7 Å². The first-order chi connectivity index (χ1) is 5.38. The van der Waals surface area contributed by atoms with Crippen molar-refractivity contribution in [3.05, 3.63) is 11.8 Å². The highest BCUT2D eigenvalue weighted by Crippen LogP contribution is 2.45. The van der Waals surface area contributed by atoms with Crippen molar-refractivity contribution in [2.75, 3.05) is 6.79 Å². The van der Waals surface area contributed by atoms with Gasteiger partial charge in [-0.2, -0.15) is 0 Å². The van der Waals surface area contributed by atoms with E-state index in [1.807, 2.05) is 0 Å². The second-order valence-electron chi connectivity index (χ2n) is 3.34. The summed E-state index contributed by atoms with van der Waals surface area (Å²) in [6, 6.07) is 0. The van der Waals surface area contributed by atoms with E-state index in [1.165, 1.54) is 6.42 Å². The lowest BCUT2D eigenvalue weighted by molar-refractivity contribution is -0.171. The van der Waals surface area contributed by atoms with Crippen LogP contribution in [-0.2, 0) is 14.2 Å². The quantitative estimate of drug-likeness (QED) is 0.524. The lowest BCUT2D eigenvalue weighted by atomic mass is 9.80. The Hall–Kier alpha value is -0.540. The summed E-state index contributed by atoms with van der Waals surface area (Å²) in [5.41, 5.74) is 0.000417. The van der Waals surface area contributed by atoms with Crippen LogP contribution in [0.3, 0.4) is 0 Å². The Morgan fingerprint density at radius 2 is 2.36 bits per heavy atom. The minimum absolute atomic E-state index is 0.000417. The molecule has 0 bridgehead atoms. The monoisotopic (exact) mass is 154 g/mol. The molecule has 1 aliphatic carbocycles. The van der Waals surface area contributed by atoms with Crippen molar-refractivity contribution in [2.45, 2.75) is 31.2 Å². The van der Waals surface area contributed by atoms with Crippen LogP contribution in [0.4, 0.5) is 0 Å². The van der Waals surface area contributed by atoms with Gasteiger partial charge in [-0.1, -0.05) is 0 Å². The molecule has 60 valence electrons.